The number of benzene rings is 2. The Bertz CT molecular complexity index is 984. The van der Waals surface area contributed by atoms with Crippen LogP contribution in [0.5, 0.6) is 0 Å². The Balaban J connectivity index is 1.30. The number of nitrogens with one attached hydrogen (secondary N) is 1. The predicted molar refractivity (Wildman–Crippen MR) is 121 cm³/mol. The Kier molecular flexibility index (Phi) is 6.11. The molecule has 0 radical (unpaired) electrons. The normalized spacial score (nSPS) is 16.0. The number of pyridine rings is 1. The molecule has 2 heterocycles. The number of anilines is 1. The van der Waals surface area contributed by atoms with Crippen LogP contribution in [-0.2, 0) is 11.2 Å². The van der Waals surface area contributed by atoms with Crippen LogP contribution in [0.2, 0.25) is 0 Å². The number of piperidine rings is 1. The van der Waals surface area contributed by atoms with Crippen LogP contribution in [0.1, 0.15) is 18.4 Å². The van der Waals surface area contributed by atoms with E-state index < -0.39 is 6.04 Å². The molecule has 0 saturated carbocycles. The van der Waals surface area contributed by atoms with E-state index in [9.17, 15) is 4.79 Å². The monoisotopic (exact) mass is 452 g/mol. The number of hydrogen-bond donors (Lipinski definition) is 2. The first-order valence-corrected chi connectivity index (χ1v) is 10.8. The van der Waals surface area contributed by atoms with Crippen LogP contribution in [-0.4, -0.2) is 41.0 Å². The lowest BCUT2D eigenvalue weighted by atomic mass is 10.0. The molecule has 1 aliphatic rings. The highest BCUT2D eigenvalue weighted by atomic mass is 79.9. The molecule has 3 N–H and O–H groups in total. The number of rotatable bonds is 5. The second-order valence-corrected chi connectivity index (χ2v) is 8.53. The summed E-state index contributed by atoms with van der Waals surface area (Å²) >= 11 is 3.43. The van der Waals surface area contributed by atoms with Crippen molar-refractivity contribution in [3.63, 3.8) is 0 Å². The first-order chi connectivity index (χ1) is 14.1. The third kappa shape index (κ3) is 4.95. The molecule has 29 heavy (non-hydrogen) atoms. The Hall–Kier alpha value is -2.44. The topological polar surface area (TPSA) is 71.2 Å². The van der Waals surface area contributed by atoms with Gasteiger partial charge in [0.15, 0.2) is 0 Å². The summed E-state index contributed by atoms with van der Waals surface area (Å²) in [5.41, 5.74) is 8.40. The SMILES string of the molecule is N[C@H](Cc1ccc(Br)cc1)C(=O)N1CCC(Nc2ccc3cnccc3c2)CC1. The molecule has 1 saturated heterocycles. The van der Waals surface area contributed by atoms with Gasteiger partial charge in [0.25, 0.3) is 0 Å². The van der Waals surface area contributed by atoms with Gasteiger partial charge >= 0.3 is 0 Å². The van der Waals surface area contributed by atoms with Gasteiger partial charge in [-0.25, -0.2) is 0 Å². The molecular weight excluding hydrogens is 428 g/mol. The lowest BCUT2D eigenvalue weighted by Gasteiger charge is -2.34. The van der Waals surface area contributed by atoms with Gasteiger partial charge in [-0.15, -0.1) is 0 Å². The second kappa shape index (κ2) is 8.93. The largest absolute Gasteiger partial charge is 0.382 e. The zero-order valence-corrected chi connectivity index (χ0v) is 17.8. The maximum atomic E-state index is 12.7. The van der Waals surface area contributed by atoms with Crippen LogP contribution in [0.15, 0.2) is 65.4 Å². The molecule has 6 heteroatoms. The summed E-state index contributed by atoms with van der Waals surface area (Å²) in [4.78, 5) is 18.8. The summed E-state index contributed by atoms with van der Waals surface area (Å²) in [6, 6.07) is 16.2. The minimum absolute atomic E-state index is 0.0459. The number of fused-ring (bicyclic) bond motifs is 1. The number of halogens is 1. The highest BCUT2D eigenvalue weighted by Crippen LogP contribution is 2.22. The van der Waals surface area contributed by atoms with E-state index in [0.717, 1.165) is 47.0 Å². The zero-order chi connectivity index (χ0) is 20.2. The second-order valence-electron chi connectivity index (χ2n) is 7.62. The number of likely N-dealkylation sites (tertiary alicyclic amines) is 1. The van der Waals surface area contributed by atoms with Crippen molar-refractivity contribution in [2.24, 2.45) is 5.73 Å². The summed E-state index contributed by atoms with van der Waals surface area (Å²) in [5, 5.41) is 5.93. The van der Waals surface area contributed by atoms with Gasteiger partial charge in [0, 0.05) is 47.1 Å². The van der Waals surface area contributed by atoms with E-state index in [-0.39, 0.29) is 5.91 Å². The number of nitrogens with two attached hydrogens (primary N) is 1. The van der Waals surface area contributed by atoms with Crippen LogP contribution in [0.25, 0.3) is 10.8 Å². The molecule has 1 aliphatic heterocycles. The van der Waals surface area contributed by atoms with E-state index in [1.165, 1.54) is 5.39 Å². The fourth-order valence-electron chi connectivity index (χ4n) is 3.85. The van der Waals surface area contributed by atoms with Crippen molar-refractivity contribution >= 4 is 38.3 Å². The molecule has 0 spiro atoms. The van der Waals surface area contributed by atoms with Gasteiger partial charge in [-0.3, -0.25) is 9.78 Å². The summed E-state index contributed by atoms with van der Waals surface area (Å²) in [5.74, 6) is 0.0459. The molecule has 1 atom stereocenters. The Morgan fingerprint density at radius 2 is 1.90 bits per heavy atom. The van der Waals surface area contributed by atoms with Crippen LogP contribution in [0.3, 0.4) is 0 Å². The smallest absolute Gasteiger partial charge is 0.239 e. The fourth-order valence-corrected chi connectivity index (χ4v) is 4.11. The van der Waals surface area contributed by atoms with Crippen LogP contribution >= 0.6 is 15.9 Å². The number of hydrogen-bond acceptors (Lipinski definition) is 4. The van der Waals surface area contributed by atoms with E-state index in [1.54, 1.807) is 0 Å². The highest BCUT2D eigenvalue weighted by Gasteiger charge is 2.26. The number of amides is 1. The van der Waals surface area contributed by atoms with Crippen molar-refractivity contribution in [2.75, 3.05) is 18.4 Å². The minimum atomic E-state index is -0.491. The average molecular weight is 453 g/mol. The van der Waals surface area contributed by atoms with Crippen molar-refractivity contribution < 1.29 is 4.79 Å². The van der Waals surface area contributed by atoms with Crippen molar-refractivity contribution in [2.45, 2.75) is 31.3 Å². The number of carbonyl (C=O) groups is 1. The molecule has 0 unspecified atom stereocenters. The lowest BCUT2D eigenvalue weighted by Crippen LogP contribution is -2.49. The Morgan fingerprint density at radius 1 is 1.14 bits per heavy atom. The maximum Gasteiger partial charge on any atom is 0.239 e. The fraction of sp³-hybridized carbons (Fsp3) is 0.304. The summed E-state index contributed by atoms with van der Waals surface area (Å²) < 4.78 is 1.03. The Morgan fingerprint density at radius 3 is 2.66 bits per heavy atom. The Labute approximate surface area is 179 Å². The molecular formula is C23H25BrN4O. The van der Waals surface area contributed by atoms with Crippen molar-refractivity contribution in [1.29, 1.82) is 0 Å². The van der Waals surface area contributed by atoms with Crippen molar-refractivity contribution in [3.05, 3.63) is 71.0 Å². The first-order valence-electron chi connectivity index (χ1n) is 9.97. The summed E-state index contributed by atoms with van der Waals surface area (Å²) in [7, 11) is 0. The standard InChI is InChI=1S/C23H25BrN4O/c24-19-4-1-16(2-5-19)13-22(25)23(29)28-11-8-20(9-12-28)27-21-6-3-18-15-26-10-7-17(18)14-21/h1-7,10,14-15,20,22,27H,8-9,11-13,25H2/t22-/m1/s1. The van der Waals surface area contributed by atoms with Crippen LogP contribution in [0, 0.1) is 0 Å². The summed E-state index contributed by atoms with van der Waals surface area (Å²) in [6.45, 7) is 1.48. The average Bonchev–Trinajstić information content (AvgIpc) is 2.75. The van der Waals surface area contributed by atoms with Gasteiger partial charge in [0.2, 0.25) is 5.91 Å². The highest BCUT2D eigenvalue weighted by molar-refractivity contribution is 9.10. The van der Waals surface area contributed by atoms with E-state index >= 15 is 0 Å². The predicted octanol–water partition coefficient (Wildman–Crippen LogP) is 3.97. The molecule has 3 aromatic rings. The number of aromatic nitrogens is 1. The van der Waals surface area contributed by atoms with Gasteiger partial charge in [0.1, 0.15) is 0 Å². The van der Waals surface area contributed by atoms with Crippen molar-refractivity contribution in [1.82, 2.24) is 9.88 Å². The zero-order valence-electron chi connectivity index (χ0n) is 16.2. The van der Waals surface area contributed by atoms with Gasteiger partial charge in [-0.1, -0.05) is 34.1 Å². The van der Waals surface area contributed by atoms with Gasteiger partial charge in [-0.2, -0.15) is 0 Å². The minimum Gasteiger partial charge on any atom is -0.382 e. The quantitative estimate of drug-likeness (QED) is 0.614. The number of nitrogens with zero attached hydrogens (tertiary/aromatic N) is 2. The lowest BCUT2D eigenvalue weighted by molar-refractivity contribution is -0.133. The van der Waals surface area contributed by atoms with Gasteiger partial charge < -0.3 is 16.0 Å². The maximum absolute atomic E-state index is 12.7. The van der Waals surface area contributed by atoms with Gasteiger partial charge in [0.05, 0.1) is 6.04 Å². The van der Waals surface area contributed by atoms with Crippen molar-refractivity contribution in [3.8, 4) is 0 Å². The van der Waals surface area contributed by atoms with E-state index in [2.05, 4.69) is 44.4 Å². The van der Waals surface area contributed by atoms with Gasteiger partial charge in [-0.05, 0) is 60.5 Å². The molecule has 1 amide bonds. The first kappa shape index (κ1) is 19.9. The van der Waals surface area contributed by atoms with E-state index in [0.29, 0.717) is 12.5 Å². The molecule has 1 aromatic heterocycles. The van der Waals surface area contributed by atoms with E-state index in [1.807, 2.05) is 47.6 Å². The molecule has 5 nitrogen and oxygen atoms in total. The molecule has 0 bridgehead atoms. The van der Waals surface area contributed by atoms with Crippen LogP contribution in [0.4, 0.5) is 5.69 Å². The molecule has 1 fully saturated rings. The molecule has 4 rings (SSSR count). The third-order valence-corrected chi connectivity index (χ3v) is 6.03. The summed E-state index contributed by atoms with van der Waals surface area (Å²) in [6.07, 6.45) is 6.10. The third-order valence-electron chi connectivity index (χ3n) is 5.50. The molecule has 2 aromatic carbocycles. The molecule has 0 aliphatic carbocycles. The molecule has 150 valence electrons. The van der Waals surface area contributed by atoms with E-state index in [4.69, 9.17) is 5.73 Å². The van der Waals surface area contributed by atoms with Crippen LogP contribution < -0.4 is 11.1 Å². The number of carbonyl (C=O) groups excluding carboxylic acids is 1.